The summed E-state index contributed by atoms with van der Waals surface area (Å²) in [7, 11) is 0. The summed E-state index contributed by atoms with van der Waals surface area (Å²) >= 11 is 0. The Kier molecular flexibility index (Phi) is 11.5. The molecule has 1 aliphatic carbocycles. The van der Waals surface area contributed by atoms with Gasteiger partial charge in [0.05, 0.1) is 5.41 Å². The molecule has 0 saturated carbocycles. The smallest absolute Gasteiger partial charge is 0.318 e. The van der Waals surface area contributed by atoms with E-state index in [1.807, 2.05) is 0 Å². The number of carbonyl (C=O) groups is 1. The van der Waals surface area contributed by atoms with Crippen molar-refractivity contribution in [2.24, 2.45) is 16.2 Å². The monoisotopic (exact) mass is 554 g/mol. The van der Waals surface area contributed by atoms with Gasteiger partial charge in [-0.3, -0.25) is 4.79 Å². The van der Waals surface area contributed by atoms with Gasteiger partial charge >= 0.3 is 5.97 Å². The Hall–Kier alpha value is -4.15. The van der Waals surface area contributed by atoms with Crippen molar-refractivity contribution in [2.45, 2.75) is 47.1 Å². The van der Waals surface area contributed by atoms with Gasteiger partial charge in [0.2, 0.25) is 0 Å². The van der Waals surface area contributed by atoms with Crippen molar-refractivity contribution < 1.29 is 20.1 Å². The number of rotatable bonds is 13. The molecule has 0 fully saturated rings. The van der Waals surface area contributed by atoms with Crippen LogP contribution in [-0.4, -0.2) is 26.9 Å². The number of aliphatic hydroxyl groups excluding tert-OH is 1. The highest BCUT2D eigenvalue weighted by atomic mass is 16.4. The second-order valence-corrected chi connectivity index (χ2v) is 11.3. The van der Waals surface area contributed by atoms with Gasteiger partial charge in [-0.2, -0.15) is 0 Å². The van der Waals surface area contributed by atoms with Gasteiger partial charge in [0.25, 0.3) is 0 Å². The van der Waals surface area contributed by atoms with Crippen LogP contribution in [-0.2, 0) is 4.79 Å². The quantitative estimate of drug-likeness (QED) is 0.199. The maximum absolute atomic E-state index is 13.6. The van der Waals surface area contributed by atoms with Crippen LogP contribution in [0.25, 0.3) is 0 Å². The highest BCUT2D eigenvalue weighted by molar-refractivity contribution is 5.84. The molecule has 0 spiro atoms. The molecule has 0 aromatic rings. The zero-order valence-electron chi connectivity index (χ0n) is 25.5. The predicted octanol–water partition coefficient (Wildman–Crippen LogP) is 9.01. The van der Waals surface area contributed by atoms with Gasteiger partial charge in [0, 0.05) is 5.41 Å². The second kappa shape index (κ2) is 13.5. The molecule has 2 atom stereocenters. The molecule has 0 aromatic heterocycles. The Labute approximate surface area is 246 Å². The van der Waals surface area contributed by atoms with Gasteiger partial charge in [-0.05, 0) is 53.7 Å². The molecular weight excluding hydrogens is 508 g/mol. The standard InChI is InChI=1S/C37H46O4/c1-26(2)13-19-34(33(39)40)25-32(38)37(41,24-18-31(11)12)36(22-16-29(7)8,23-17-30(9)10)35(34,20-14-27(3)4)21-15-28(5)6/h13-25,38,41H,1,3,5,7,9,11H2,2,4,6,8,10,12H3,(H,39,40). The van der Waals surface area contributed by atoms with E-state index in [0.29, 0.717) is 33.4 Å². The summed E-state index contributed by atoms with van der Waals surface area (Å²) in [5, 5.41) is 35.6. The van der Waals surface area contributed by atoms with Crippen LogP contribution < -0.4 is 0 Å². The van der Waals surface area contributed by atoms with Gasteiger partial charge < -0.3 is 15.3 Å². The molecule has 4 heteroatoms. The van der Waals surface area contributed by atoms with Crippen LogP contribution in [0.4, 0.5) is 0 Å². The molecule has 0 saturated heterocycles. The molecule has 0 aliphatic heterocycles. The molecule has 1 aliphatic rings. The lowest BCUT2D eigenvalue weighted by molar-refractivity contribution is -0.155. The van der Waals surface area contributed by atoms with E-state index >= 15 is 0 Å². The topological polar surface area (TPSA) is 77.8 Å². The van der Waals surface area contributed by atoms with E-state index in [2.05, 4.69) is 39.5 Å². The molecule has 0 amide bonds. The minimum absolute atomic E-state index is 0.551. The van der Waals surface area contributed by atoms with Crippen LogP contribution >= 0.6 is 0 Å². The van der Waals surface area contributed by atoms with Crippen molar-refractivity contribution >= 4 is 5.97 Å². The van der Waals surface area contributed by atoms with Gasteiger partial charge in [-0.25, -0.2) is 0 Å². The lowest BCUT2D eigenvalue weighted by Crippen LogP contribution is -2.65. The molecule has 4 nitrogen and oxygen atoms in total. The van der Waals surface area contributed by atoms with E-state index in [4.69, 9.17) is 0 Å². The Balaban J connectivity index is 5.02. The summed E-state index contributed by atoms with van der Waals surface area (Å²) < 4.78 is 0. The van der Waals surface area contributed by atoms with Gasteiger partial charge in [-0.1, -0.05) is 140 Å². The number of carboxylic acids is 1. The molecule has 3 N–H and O–H groups in total. The maximum atomic E-state index is 13.6. The highest BCUT2D eigenvalue weighted by Crippen LogP contribution is 2.67. The summed E-state index contributed by atoms with van der Waals surface area (Å²) in [5.41, 5.74) is -3.63. The third kappa shape index (κ3) is 7.14. The van der Waals surface area contributed by atoms with E-state index in [1.165, 1.54) is 18.2 Å². The van der Waals surface area contributed by atoms with Crippen LogP contribution in [0.1, 0.15) is 41.5 Å². The second-order valence-electron chi connectivity index (χ2n) is 11.3. The van der Waals surface area contributed by atoms with Crippen molar-refractivity contribution in [2.75, 3.05) is 0 Å². The van der Waals surface area contributed by atoms with Gasteiger partial charge in [-0.15, -0.1) is 0 Å². The molecular formula is C37H46O4. The molecule has 2 unspecified atom stereocenters. The van der Waals surface area contributed by atoms with E-state index in [0.717, 1.165) is 0 Å². The largest absolute Gasteiger partial charge is 0.509 e. The Morgan fingerprint density at radius 2 is 0.878 bits per heavy atom. The highest BCUT2D eigenvalue weighted by Gasteiger charge is 2.71. The number of hydrogen-bond acceptors (Lipinski definition) is 3. The first-order valence-electron chi connectivity index (χ1n) is 13.3. The van der Waals surface area contributed by atoms with Gasteiger partial charge in [0.1, 0.15) is 11.2 Å². The Bertz CT molecular complexity index is 1300. The average molecular weight is 555 g/mol. The first kappa shape index (κ1) is 34.9. The number of carboxylic acid groups (broad SMARTS) is 1. The SMILES string of the molecule is C=C(C)C=CC1(O)C(O)=CC(C=CC(=C)C)(C(=O)O)C(C=CC(=C)C)(C=CC(=C)C)C1(C=CC(=C)C)C=CC(=C)C. The fourth-order valence-corrected chi connectivity index (χ4v) is 4.86. The zero-order chi connectivity index (χ0) is 31.8. The summed E-state index contributed by atoms with van der Waals surface area (Å²) in [4.78, 5) is 13.6. The molecule has 1 rings (SSSR count). The van der Waals surface area contributed by atoms with Crippen molar-refractivity contribution in [1.82, 2.24) is 0 Å². The third-order valence-corrected chi connectivity index (χ3v) is 6.87. The van der Waals surface area contributed by atoms with Crippen LogP contribution in [0.5, 0.6) is 0 Å². The van der Waals surface area contributed by atoms with Crippen molar-refractivity contribution in [3.63, 3.8) is 0 Å². The lowest BCUT2D eigenvalue weighted by atomic mass is 9.41. The van der Waals surface area contributed by atoms with Crippen molar-refractivity contribution in [3.8, 4) is 0 Å². The number of aliphatic hydroxyl groups is 2. The Morgan fingerprint density at radius 3 is 1.20 bits per heavy atom. The van der Waals surface area contributed by atoms with Crippen molar-refractivity contribution in [1.29, 1.82) is 0 Å². The average Bonchev–Trinajstić information content (AvgIpc) is 2.84. The van der Waals surface area contributed by atoms with Crippen LogP contribution in [0, 0.1) is 16.2 Å². The summed E-state index contributed by atoms with van der Waals surface area (Å²) in [6.45, 7) is 34.5. The first-order valence-corrected chi connectivity index (χ1v) is 13.3. The van der Waals surface area contributed by atoms with Crippen LogP contribution in [0.3, 0.4) is 0 Å². The molecule has 0 bridgehead atoms. The van der Waals surface area contributed by atoms with E-state index in [-0.39, 0.29) is 0 Å². The number of aliphatic carboxylic acids is 1. The third-order valence-electron chi connectivity index (χ3n) is 6.87. The number of hydrogen-bond donors (Lipinski definition) is 3. The first-order chi connectivity index (χ1) is 18.8. The summed E-state index contributed by atoms with van der Waals surface area (Å²) in [6, 6.07) is 0. The molecule has 0 aromatic carbocycles. The fourth-order valence-electron chi connectivity index (χ4n) is 4.86. The zero-order valence-corrected chi connectivity index (χ0v) is 25.5. The summed E-state index contributed by atoms with van der Waals surface area (Å²) in [6.07, 6.45) is 21.0. The minimum Gasteiger partial charge on any atom is -0.509 e. The maximum Gasteiger partial charge on any atom is 0.318 e. The van der Waals surface area contributed by atoms with Gasteiger partial charge in [0.15, 0.2) is 5.60 Å². The van der Waals surface area contributed by atoms with Crippen molar-refractivity contribution in [3.05, 3.63) is 158 Å². The van der Waals surface area contributed by atoms with E-state index < -0.39 is 33.6 Å². The lowest BCUT2D eigenvalue weighted by Gasteiger charge is -2.60. The molecule has 218 valence electrons. The number of allylic oxidation sites excluding steroid dienone is 14. The fraction of sp³-hybridized carbons (Fsp3) is 0.270. The van der Waals surface area contributed by atoms with Crippen LogP contribution in [0.2, 0.25) is 0 Å². The van der Waals surface area contributed by atoms with Crippen LogP contribution in [0.15, 0.2) is 158 Å². The normalized spacial score (nSPS) is 28.7. The Morgan fingerprint density at radius 1 is 0.585 bits per heavy atom. The molecule has 0 heterocycles. The molecule has 41 heavy (non-hydrogen) atoms. The summed E-state index contributed by atoms with van der Waals surface area (Å²) in [5.74, 6) is -1.81. The minimum atomic E-state index is -2.17. The molecule has 0 radical (unpaired) electrons. The van der Waals surface area contributed by atoms with E-state index in [9.17, 15) is 20.1 Å². The predicted molar refractivity (Wildman–Crippen MR) is 174 cm³/mol. The van der Waals surface area contributed by atoms with E-state index in [1.54, 1.807) is 102 Å².